The van der Waals surface area contributed by atoms with Crippen LogP contribution in [-0.2, 0) is 4.74 Å². The van der Waals surface area contributed by atoms with Crippen molar-refractivity contribution >= 4 is 23.0 Å². The lowest BCUT2D eigenvalue weighted by atomic mass is 10.2. The van der Waals surface area contributed by atoms with Gasteiger partial charge in [-0.15, -0.1) is 0 Å². The van der Waals surface area contributed by atoms with Gasteiger partial charge in [-0.3, -0.25) is 15.0 Å². The minimum absolute atomic E-state index is 0.00586. The van der Waals surface area contributed by atoms with E-state index >= 15 is 0 Å². The fourth-order valence-electron chi connectivity index (χ4n) is 2.27. The normalized spacial score (nSPS) is 17.7. The van der Waals surface area contributed by atoms with Crippen molar-refractivity contribution in [3.63, 3.8) is 0 Å². The van der Waals surface area contributed by atoms with E-state index in [-0.39, 0.29) is 11.7 Å². The Morgan fingerprint density at radius 1 is 1.50 bits per heavy atom. The van der Waals surface area contributed by atoms with Crippen molar-refractivity contribution in [2.24, 2.45) is 0 Å². The molecule has 6 nitrogen and oxygen atoms in total. The smallest absolute Gasteiger partial charge is 0.293 e. The van der Waals surface area contributed by atoms with Gasteiger partial charge in [0.2, 0.25) is 0 Å². The average Bonchev–Trinajstić information content (AvgIpc) is 2.42. The Labute approximate surface area is 122 Å². The largest absolute Gasteiger partial charge is 0.379 e. The summed E-state index contributed by atoms with van der Waals surface area (Å²) in [6, 6.07) is 4.75. The molecule has 7 heteroatoms. The predicted molar refractivity (Wildman–Crippen MR) is 78.5 cm³/mol. The van der Waals surface area contributed by atoms with Crippen molar-refractivity contribution in [3.05, 3.63) is 33.3 Å². The molecule has 0 aromatic heterocycles. The minimum Gasteiger partial charge on any atom is -0.379 e. The standard InChI is InChI=1S/C13H18ClN3O3/c1-10(9-16-5-7-20-8-6-16)15-13-11(14)3-2-4-12(13)17(18)19/h2-4,10,15H,5-9H2,1H3. The second-order valence-electron chi connectivity index (χ2n) is 4.85. The lowest BCUT2D eigenvalue weighted by molar-refractivity contribution is -0.384. The number of benzene rings is 1. The zero-order chi connectivity index (χ0) is 14.5. The summed E-state index contributed by atoms with van der Waals surface area (Å²) < 4.78 is 5.30. The van der Waals surface area contributed by atoms with Gasteiger partial charge in [-0.2, -0.15) is 0 Å². The van der Waals surface area contributed by atoms with E-state index in [0.717, 1.165) is 32.8 Å². The fraction of sp³-hybridized carbons (Fsp3) is 0.538. The van der Waals surface area contributed by atoms with E-state index in [0.29, 0.717) is 10.7 Å². The summed E-state index contributed by atoms with van der Waals surface area (Å²) in [5.41, 5.74) is 0.395. The molecule has 0 radical (unpaired) electrons. The molecular formula is C13H18ClN3O3. The highest BCUT2D eigenvalue weighted by atomic mass is 35.5. The molecule has 20 heavy (non-hydrogen) atoms. The van der Waals surface area contributed by atoms with Crippen LogP contribution in [0, 0.1) is 10.1 Å². The zero-order valence-corrected chi connectivity index (χ0v) is 12.1. The van der Waals surface area contributed by atoms with E-state index < -0.39 is 4.92 Å². The number of hydrogen-bond donors (Lipinski definition) is 1. The van der Waals surface area contributed by atoms with Crippen molar-refractivity contribution in [3.8, 4) is 0 Å². The highest BCUT2D eigenvalue weighted by Gasteiger charge is 2.20. The summed E-state index contributed by atoms with van der Waals surface area (Å²) in [6.45, 7) is 6.03. The number of anilines is 1. The van der Waals surface area contributed by atoms with Gasteiger partial charge in [-0.1, -0.05) is 17.7 Å². The maximum Gasteiger partial charge on any atom is 0.293 e. The first-order valence-electron chi connectivity index (χ1n) is 6.57. The molecule has 1 saturated heterocycles. The van der Waals surface area contributed by atoms with Gasteiger partial charge in [0.15, 0.2) is 0 Å². The number of halogens is 1. The molecule has 1 aromatic rings. The van der Waals surface area contributed by atoms with Gasteiger partial charge in [-0.25, -0.2) is 0 Å². The van der Waals surface area contributed by atoms with Crippen LogP contribution in [0.4, 0.5) is 11.4 Å². The molecule has 0 bridgehead atoms. The van der Waals surface area contributed by atoms with Crippen LogP contribution in [0.5, 0.6) is 0 Å². The van der Waals surface area contributed by atoms with Crippen molar-refractivity contribution in [1.82, 2.24) is 4.90 Å². The maximum absolute atomic E-state index is 11.0. The third kappa shape index (κ3) is 3.82. The first kappa shape index (κ1) is 15.0. The van der Waals surface area contributed by atoms with Gasteiger partial charge in [0.05, 0.1) is 23.2 Å². The number of nitro groups is 1. The minimum atomic E-state index is -0.421. The van der Waals surface area contributed by atoms with Crippen LogP contribution in [0.25, 0.3) is 0 Å². The SMILES string of the molecule is CC(CN1CCOCC1)Nc1c(Cl)cccc1[N+](=O)[O-]. The second kappa shape index (κ2) is 6.88. The summed E-state index contributed by atoms with van der Waals surface area (Å²) in [6.07, 6.45) is 0. The number of morpholine rings is 1. The summed E-state index contributed by atoms with van der Waals surface area (Å²) in [5.74, 6) is 0. The molecule has 1 fully saturated rings. The molecule has 1 aromatic carbocycles. The summed E-state index contributed by atoms with van der Waals surface area (Å²) in [4.78, 5) is 12.9. The first-order chi connectivity index (χ1) is 9.58. The molecule has 110 valence electrons. The van der Waals surface area contributed by atoms with E-state index in [4.69, 9.17) is 16.3 Å². The highest BCUT2D eigenvalue weighted by Crippen LogP contribution is 2.32. The molecule has 1 heterocycles. The van der Waals surface area contributed by atoms with Crippen LogP contribution in [0.3, 0.4) is 0 Å². The molecule has 1 aliphatic heterocycles. The predicted octanol–water partition coefficient (Wildman–Crippen LogP) is 2.38. The number of nitrogens with zero attached hydrogens (tertiary/aromatic N) is 2. The highest BCUT2D eigenvalue weighted by molar-refractivity contribution is 6.33. The van der Waals surface area contributed by atoms with Gasteiger partial charge < -0.3 is 10.1 Å². The van der Waals surface area contributed by atoms with Crippen LogP contribution < -0.4 is 5.32 Å². The summed E-state index contributed by atoms with van der Waals surface area (Å²) >= 11 is 6.06. The summed E-state index contributed by atoms with van der Waals surface area (Å²) in [5, 5.41) is 14.5. The Morgan fingerprint density at radius 2 is 2.20 bits per heavy atom. The molecule has 0 aliphatic carbocycles. The fourth-order valence-corrected chi connectivity index (χ4v) is 2.49. The molecule has 0 spiro atoms. The van der Waals surface area contributed by atoms with Crippen molar-refractivity contribution in [2.75, 3.05) is 38.2 Å². The van der Waals surface area contributed by atoms with E-state index in [9.17, 15) is 10.1 Å². The molecule has 1 aliphatic rings. The third-order valence-electron chi connectivity index (χ3n) is 3.21. The van der Waals surface area contributed by atoms with E-state index in [1.807, 2.05) is 6.92 Å². The number of ether oxygens (including phenoxy) is 1. The van der Waals surface area contributed by atoms with Gasteiger partial charge in [0, 0.05) is 31.7 Å². The Balaban J connectivity index is 2.03. The Hall–Kier alpha value is -1.37. The van der Waals surface area contributed by atoms with Crippen LogP contribution >= 0.6 is 11.6 Å². The second-order valence-corrected chi connectivity index (χ2v) is 5.26. The van der Waals surface area contributed by atoms with Crippen LogP contribution in [-0.4, -0.2) is 48.7 Å². The summed E-state index contributed by atoms with van der Waals surface area (Å²) in [7, 11) is 0. The average molecular weight is 300 g/mol. The monoisotopic (exact) mass is 299 g/mol. The first-order valence-corrected chi connectivity index (χ1v) is 6.95. The van der Waals surface area contributed by atoms with Gasteiger partial charge in [-0.05, 0) is 13.0 Å². The van der Waals surface area contributed by atoms with Crippen molar-refractivity contribution in [1.29, 1.82) is 0 Å². The quantitative estimate of drug-likeness (QED) is 0.668. The number of nitrogens with one attached hydrogen (secondary N) is 1. The van der Waals surface area contributed by atoms with Crippen molar-refractivity contribution in [2.45, 2.75) is 13.0 Å². The molecular weight excluding hydrogens is 282 g/mol. The topological polar surface area (TPSA) is 67.6 Å². The lowest BCUT2D eigenvalue weighted by Crippen LogP contribution is -2.42. The van der Waals surface area contributed by atoms with Gasteiger partial charge in [0.1, 0.15) is 5.69 Å². The molecule has 1 atom stereocenters. The number of rotatable bonds is 5. The van der Waals surface area contributed by atoms with Crippen LogP contribution in [0.2, 0.25) is 5.02 Å². The maximum atomic E-state index is 11.0. The van der Waals surface area contributed by atoms with Gasteiger partial charge >= 0.3 is 0 Å². The Kier molecular flexibility index (Phi) is 5.17. The zero-order valence-electron chi connectivity index (χ0n) is 11.3. The lowest BCUT2D eigenvalue weighted by Gasteiger charge is -2.29. The molecule has 2 rings (SSSR count). The number of para-hydroxylation sites is 1. The molecule has 0 amide bonds. The number of nitro benzene ring substituents is 1. The van der Waals surface area contributed by atoms with E-state index in [1.165, 1.54) is 6.07 Å². The molecule has 1 unspecified atom stereocenters. The Morgan fingerprint density at radius 3 is 2.85 bits per heavy atom. The van der Waals surface area contributed by atoms with Crippen LogP contribution in [0.1, 0.15) is 6.92 Å². The van der Waals surface area contributed by atoms with Crippen LogP contribution in [0.15, 0.2) is 18.2 Å². The third-order valence-corrected chi connectivity index (χ3v) is 3.53. The Bertz CT molecular complexity index is 478. The van der Waals surface area contributed by atoms with E-state index in [1.54, 1.807) is 12.1 Å². The number of hydrogen-bond acceptors (Lipinski definition) is 5. The molecule has 1 N–H and O–H groups in total. The van der Waals surface area contributed by atoms with Crippen molar-refractivity contribution < 1.29 is 9.66 Å². The molecule has 0 saturated carbocycles. The van der Waals surface area contributed by atoms with E-state index in [2.05, 4.69) is 10.2 Å². The van der Waals surface area contributed by atoms with Gasteiger partial charge in [0.25, 0.3) is 5.69 Å².